The van der Waals surface area contributed by atoms with Gasteiger partial charge in [-0.3, -0.25) is 0 Å². The highest BCUT2D eigenvalue weighted by Gasteiger charge is 2.21. The number of oxazole rings is 1. The van der Waals surface area contributed by atoms with Crippen molar-refractivity contribution < 1.29 is 13.3 Å². The molecule has 7 nitrogen and oxygen atoms in total. The molecule has 0 atom stereocenters. The Labute approximate surface area is 289 Å². The first-order valence-corrected chi connectivity index (χ1v) is 16.7. The van der Waals surface area contributed by atoms with Gasteiger partial charge >= 0.3 is 0 Å². The van der Waals surface area contributed by atoms with Crippen LogP contribution in [-0.2, 0) is 0 Å². The van der Waals surface area contributed by atoms with Crippen LogP contribution < -0.4 is 0 Å². The zero-order chi connectivity index (χ0) is 33.5. The van der Waals surface area contributed by atoms with E-state index in [0.717, 1.165) is 71.3 Å². The first-order valence-electron chi connectivity index (χ1n) is 16.7. The summed E-state index contributed by atoms with van der Waals surface area (Å²) in [6, 6.07) is 48.5. The summed E-state index contributed by atoms with van der Waals surface area (Å²) in [5.74, 6) is 2.18. The molecule has 7 heteroatoms. The lowest BCUT2D eigenvalue weighted by Crippen LogP contribution is -2.00. The van der Waals surface area contributed by atoms with E-state index >= 15 is 0 Å². The molecule has 51 heavy (non-hydrogen) atoms. The number of hydrogen-bond donors (Lipinski definition) is 0. The van der Waals surface area contributed by atoms with Crippen LogP contribution in [0.3, 0.4) is 0 Å². The van der Waals surface area contributed by atoms with Gasteiger partial charge in [-0.1, -0.05) is 84.9 Å². The summed E-state index contributed by atoms with van der Waals surface area (Å²) < 4.78 is 19.1. The summed E-state index contributed by atoms with van der Waals surface area (Å²) >= 11 is 0. The summed E-state index contributed by atoms with van der Waals surface area (Å²) in [7, 11) is 0. The van der Waals surface area contributed by atoms with Crippen LogP contribution in [0.25, 0.3) is 111 Å². The van der Waals surface area contributed by atoms with Crippen molar-refractivity contribution in [1.82, 2.24) is 19.9 Å². The molecule has 0 saturated carbocycles. The third-order valence-electron chi connectivity index (χ3n) is 9.56. The molecule has 0 amide bonds. The Morgan fingerprint density at radius 1 is 0.373 bits per heavy atom. The Balaban J connectivity index is 1.14. The molecule has 0 aliphatic carbocycles. The van der Waals surface area contributed by atoms with Crippen molar-refractivity contribution >= 4 is 65.7 Å². The lowest BCUT2D eigenvalue weighted by molar-refractivity contribution is 0.622. The third-order valence-corrected chi connectivity index (χ3v) is 9.56. The maximum atomic E-state index is 6.60. The average Bonchev–Trinajstić information content (AvgIpc) is 3.91. The van der Waals surface area contributed by atoms with Gasteiger partial charge in [-0.2, -0.15) is 0 Å². The molecule has 11 rings (SSSR count). The van der Waals surface area contributed by atoms with Crippen LogP contribution in [0.2, 0.25) is 0 Å². The van der Waals surface area contributed by atoms with E-state index in [1.54, 1.807) is 0 Å². The quantitative estimate of drug-likeness (QED) is 0.186. The van der Waals surface area contributed by atoms with Crippen LogP contribution in [0.1, 0.15) is 0 Å². The molecule has 0 aliphatic rings. The van der Waals surface area contributed by atoms with E-state index in [0.29, 0.717) is 40.1 Å². The Morgan fingerprint density at radius 3 is 1.98 bits per heavy atom. The zero-order valence-corrected chi connectivity index (χ0v) is 26.9. The molecular formula is C44H24N4O3. The minimum atomic E-state index is 0.503. The van der Waals surface area contributed by atoms with E-state index in [-0.39, 0.29) is 0 Å². The molecule has 0 bridgehead atoms. The number of rotatable bonds is 4. The number of hydrogen-bond acceptors (Lipinski definition) is 7. The van der Waals surface area contributed by atoms with Crippen LogP contribution in [0.4, 0.5) is 0 Å². The predicted molar refractivity (Wildman–Crippen MR) is 201 cm³/mol. The van der Waals surface area contributed by atoms with E-state index < -0.39 is 0 Å². The van der Waals surface area contributed by atoms with E-state index in [9.17, 15) is 0 Å². The number of furan rings is 2. The first kappa shape index (κ1) is 27.8. The molecule has 0 radical (unpaired) electrons. The lowest BCUT2D eigenvalue weighted by atomic mass is 10.1. The molecule has 4 heterocycles. The zero-order valence-electron chi connectivity index (χ0n) is 26.9. The van der Waals surface area contributed by atoms with Crippen LogP contribution in [0, 0.1) is 0 Å². The minimum absolute atomic E-state index is 0.503. The average molecular weight is 657 g/mol. The Hall–Kier alpha value is -7.12. The molecule has 0 aliphatic heterocycles. The standard InChI is InChI=1S/C44H24N4O3/c1-2-10-26(11-3-1)44-45-34-20-22-37-38(40(34)51-44)31-14-8-15-32(39(31)50-37)43-47-41(28-18-17-25-9-4-5-12-27(25)23-28)46-42(48-43)29-19-21-36-33(24-29)30-13-6-7-16-35(30)49-36/h1-24H. The van der Waals surface area contributed by atoms with Crippen LogP contribution in [-0.4, -0.2) is 19.9 Å². The van der Waals surface area contributed by atoms with Gasteiger partial charge in [0.15, 0.2) is 23.1 Å². The molecule has 7 aromatic carbocycles. The van der Waals surface area contributed by atoms with Gasteiger partial charge in [-0.15, -0.1) is 0 Å². The molecular weight excluding hydrogens is 633 g/mol. The van der Waals surface area contributed by atoms with E-state index in [2.05, 4.69) is 42.5 Å². The normalized spacial score (nSPS) is 11.9. The van der Waals surface area contributed by atoms with Crippen molar-refractivity contribution in [3.63, 3.8) is 0 Å². The maximum Gasteiger partial charge on any atom is 0.227 e. The van der Waals surface area contributed by atoms with Gasteiger partial charge < -0.3 is 13.3 Å². The monoisotopic (exact) mass is 656 g/mol. The number of fused-ring (bicyclic) bond motifs is 9. The van der Waals surface area contributed by atoms with Gasteiger partial charge in [0.05, 0.1) is 10.9 Å². The summed E-state index contributed by atoms with van der Waals surface area (Å²) in [6.07, 6.45) is 0. The minimum Gasteiger partial charge on any atom is -0.456 e. The second-order valence-corrected chi connectivity index (χ2v) is 12.6. The SMILES string of the molecule is c1ccc(-c2nc3ccc4oc5c(-c6nc(-c7ccc8ccccc8c7)nc(-c7ccc8oc9ccccc9c8c7)n6)cccc5c4c3o2)cc1. The van der Waals surface area contributed by atoms with Gasteiger partial charge in [0, 0.05) is 32.8 Å². The highest BCUT2D eigenvalue weighted by Crippen LogP contribution is 2.40. The molecule has 11 aromatic rings. The second-order valence-electron chi connectivity index (χ2n) is 12.6. The summed E-state index contributed by atoms with van der Waals surface area (Å²) in [5, 5.41) is 6.05. The van der Waals surface area contributed by atoms with Crippen molar-refractivity contribution in [3.05, 3.63) is 146 Å². The maximum absolute atomic E-state index is 6.60. The first-order chi connectivity index (χ1) is 25.2. The van der Waals surface area contributed by atoms with Crippen LogP contribution >= 0.6 is 0 Å². The molecule has 0 fully saturated rings. The van der Waals surface area contributed by atoms with Crippen LogP contribution in [0.15, 0.2) is 159 Å². The van der Waals surface area contributed by atoms with Crippen molar-refractivity contribution in [2.24, 2.45) is 0 Å². The van der Waals surface area contributed by atoms with E-state index in [4.69, 9.17) is 33.2 Å². The van der Waals surface area contributed by atoms with Crippen molar-refractivity contribution in [3.8, 4) is 45.6 Å². The van der Waals surface area contributed by atoms with Crippen LogP contribution in [0.5, 0.6) is 0 Å². The topological polar surface area (TPSA) is 91.0 Å². The molecule has 0 N–H and O–H groups in total. The van der Waals surface area contributed by atoms with Gasteiger partial charge in [0.1, 0.15) is 27.8 Å². The lowest BCUT2D eigenvalue weighted by Gasteiger charge is -2.09. The smallest absolute Gasteiger partial charge is 0.227 e. The summed E-state index contributed by atoms with van der Waals surface area (Å²) in [5.41, 5.74) is 7.86. The van der Waals surface area contributed by atoms with Gasteiger partial charge in [-0.05, 0) is 71.4 Å². The fourth-order valence-electron chi connectivity index (χ4n) is 7.10. The Bertz CT molecular complexity index is 3160. The number of nitrogens with zero attached hydrogens (tertiary/aromatic N) is 4. The van der Waals surface area contributed by atoms with Gasteiger partial charge in [0.25, 0.3) is 0 Å². The van der Waals surface area contributed by atoms with Crippen molar-refractivity contribution in [1.29, 1.82) is 0 Å². The predicted octanol–water partition coefficient (Wildman–Crippen LogP) is 11.6. The molecule has 0 saturated heterocycles. The summed E-state index contributed by atoms with van der Waals surface area (Å²) in [4.78, 5) is 20.1. The van der Waals surface area contributed by atoms with Crippen molar-refractivity contribution in [2.45, 2.75) is 0 Å². The van der Waals surface area contributed by atoms with E-state index in [1.165, 1.54) is 0 Å². The summed E-state index contributed by atoms with van der Waals surface area (Å²) in [6.45, 7) is 0. The highest BCUT2D eigenvalue weighted by molar-refractivity contribution is 6.18. The number of para-hydroxylation sites is 2. The van der Waals surface area contributed by atoms with E-state index in [1.807, 2.05) is 103 Å². The number of aromatic nitrogens is 4. The molecule has 4 aromatic heterocycles. The fourth-order valence-corrected chi connectivity index (χ4v) is 7.10. The van der Waals surface area contributed by atoms with Gasteiger partial charge in [-0.25, -0.2) is 19.9 Å². The Morgan fingerprint density at radius 2 is 1.08 bits per heavy atom. The highest BCUT2D eigenvalue weighted by atomic mass is 16.4. The third kappa shape index (κ3) is 4.38. The Kier molecular flexibility index (Phi) is 5.83. The fraction of sp³-hybridized carbons (Fsp3) is 0. The molecule has 238 valence electrons. The largest absolute Gasteiger partial charge is 0.456 e. The molecule has 0 spiro atoms. The number of benzene rings is 7. The van der Waals surface area contributed by atoms with Crippen molar-refractivity contribution in [2.75, 3.05) is 0 Å². The van der Waals surface area contributed by atoms with Gasteiger partial charge in [0.2, 0.25) is 5.89 Å². The molecule has 0 unspecified atom stereocenters. The second kappa shape index (κ2) is 10.7.